The van der Waals surface area contributed by atoms with Gasteiger partial charge in [0, 0.05) is 30.8 Å². The number of benzene rings is 3. The van der Waals surface area contributed by atoms with Crippen LogP contribution in [0.15, 0.2) is 72.8 Å². The van der Waals surface area contributed by atoms with E-state index >= 15 is 0 Å². The lowest BCUT2D eigenvalue weighted by molar-refractivity contribution is -0.157. The van der Waals surface area contributed by atoms with Crippen LogP contribution in [0.25, 0.3) is 0 Å². The van der Waals surface area contributed by atoms with Gasteiger partial charge in [0.2, 0.25) is 0 Å². The summed E-state index contributed by atoms with van der Waals surface area (Å²) in [5, 5.41) is 2.72. The molecule has 1 amide bonds. The molecule has 0 aromatic heterocycles. The van der Waals surface area contributed by atoms with E-state index in [0.717, 1.165) is 28.0 Å². The van der Waals surface area contributed by atoms with Crippen LogP contribution < -0.4 is 14.8 Å². The first-order valence-electron chi connectivity index (χ1n) is 15.7. The Bertz CT molecular complexity index is 1420. The summed E-state index contributed by atoms with van der Waals surface area (Å²) in [4.78, 5) is 28.2. The van der Waals surface area contributed by atoms with Gasteiger partial charge < -0.3 is 24.3 Å². The van der Waals surface area contributed by atoms with Crippen molar-refractivity contribution in [2.75, 3.05) is 19.8 Å². The maximum Gasteiger partial charge on any atom is 0.408 e. The number of alkyl carbamates (subject to hydrolysis) is 1. The van der Waals surface area contributed by atoms with Gasteiger partial charge in [-0.1, -0.05) is 66.2 Å². The van der Waals surface area contributed by atoms with Crippen molar-refractivity contribution in [3.8, 4) is 11.5 Å². The van der Waals surface area contributed by atoms with Gasteiger partial charge in [0.05, 0.1) is 0 Å². The number of nitrogens with one attached hydrogen (secondary N) is 1. The zero-order chi connectivity index (χ0) is 33.7. The fraction of sp³-hybridized carbons (Fsp3) is 0.459. The van der Waals surface area contributed by atoms with Crippen molar-refractivity contribution in [1.82, 2.24) is 10.2 Å². The van der Waals surface area contributed by atoms with E-state index in [2.05, 4.69) is 16.3 Å². The molecule has 1 atom stereocenters. The summed E-state index contributed by atoms with van der Waals surface area (Å²) in [6, 6.07) is 22.6. The van der Waals surface area contributed by atoms with Gasteiger partial charge in [-0.25, -0.2) is 14.0 Å². The Labute approximate surface area is 273 Å². The summed E-state index contributed by atoms with van der Waals surface area (Å²) in [7, 11) is 0. The number of esters is 1. The summed E-state index contributed by atoms with van der Waals surface area (Å²) >= 11 is 0. The van der Waals surface area contributed by atoms with Crippen molar-refractivity contribution in [3.05, 3.63) is 95.1 Å². The molecule has 3 aromatic rings. The molecule has 0 radical (unpaired) electrons. The summed E-state index contributed by atoms with van der Waals surface area (Å²) in [5.41, 5.74) is 2.56. The van der Waals surface area contributed by atoms with Crippen molar-refractivity contribution >= 4 is 12.1 Å². The van der Waals surface area contributed by atoms with E-state index in [1.165, 1.54) is 0 Å². The third-order valence-corrected chi connectivity index (χ3v) is 6.66. The number of hydrogen-bond acceptors (Lipinski definition) is 7. The maximum absolute atomic E-state index is 13.3. The van der Waals surface area contributed by atoms with E-state index in [9.17, 15) is 14.0 Å². The van der Waals surface area contributed by atoms with Gasteiger partial charge in [0.25, 0.3) is 0 Å². The quantitative estimate of drug-likeness (QED) is 0.172. The normalized spacial score (nSPS) is 12.4. The van der Waals surface area contributed by atoms with Gasteiger partial charge in [-0.2, -0.15) is 0 Å². The number of halogens is 1. The highest BCUT2D eigenvalue weighted by atomic mass is 19.1. The first kappa shape index (κ1) is 36.4. The van der Waals surface area contributed by atoms with Crippen LogP contribution in [-0.2, 0) is 34.0 Å². The first-order chi connectivity index (χ1) is 21.7. The molecule has 3 rings (SSSR count). The number of carbonyl (C=O) groups is 2. The minimum Gasteiger partial charge on any atom is -0.491 e. The van der Waals surface area contributed by atoms with Crippen molar-refractivity contribution in [2.45, 2.75) is 91.8 Å². The van der Waals surface area contributed by atoms with Crippen LogP contribution >= 0.6 is 0 Å². The van der Waals surface area contributed by atoms with Gasteiger partial charge in [-0.15, -0.1) is 0 Å². The average molecular weight is 637 g/mol. The number of aryl methyl sites for hydroxylation is 1. The molecule has 0 unspecified atom stereocenters. The molecule has 0 bridgehead atoms. The predicted molar refractivity (Wildman–Crippen MR) is 178 cm³/mol. The van der Waals surface area contributed by atoms with Crippen LogP contribution in [-0.4, -0.2) is 54.0 Å². The molecule has 0 spiro atoms. The van der Waals surface area contributed by atoms with E-state index in [-0.39, 0.29) is 13.0 Å². The molecular formula is C37H49FN2O6. The molecule has 0 fully saturated rings. The molecule has 0 saturated heterocycles. The Balaban J connectivity index is 1.88. The summed E-state index contributed by atoms with van der Waals surface area (Å²) in [5.74, 6) is 0.781. The zero-order valence-corrected chi connectivity index (χ0v) is 28.2. The topological polar surface area (TPSA) is 86.3 Å². The van der Waals surface area contributed by atoms with E-state index in [0.29, 0.717) is 32.0 Å². The number of ether oxygens (including phenoxy) is 4. The highest BCUT2D eigenvalue weighted by molar-refractivity contribution is 5.81. The van der Waals surface area contributed by atoms with Crippen LogP contribution in [0.2, 0.25) is 0 Å². The summed E-state index contributed by atoms with van der Waals surface area (Å²) in [6.07, 6.45) is -0.455. The van der Waals surface area contributed by atoms with Gasteiger partial charge in [0.15, 0.2) is 0 Å². The Hall–Kier alpha value is -4.11. The van der Waals surface area contributed by atoms with Crippen LogP contribution in [0.1, 0.15) is 70.2 Å². The lowest BCUT2D eigenvalue weighted by Crippen LogP contribution is -2.47. The molecule has 0 aliphatic heterocycles. The van der Waals surface area contributed by atoms with Gasteiger partial charge in [-0.3, -0.25) is 4.90 Å². The highest BCUT2D eigenvalue weighted by Crippen LogP contribution is 2.26. The van der Waals surface area contributed by atoms with Crippen molar-refractivity contribution < 1.29 is 32.9 Å². The smallest absolute Gasteiger partial charge is 0.408 e. The fourth-order valence-corrected chi connectivity index (χ4v) is 4.74. The summed E-state index contributed by atoms with van der Waals surface area (Å²) < 4.78 is 36.1. The third-order valence-electron chi connectivity index (χ3n) is 6.66. The van der Waals surface area contributed by atoms with Crippen LogP contribution in [0, 0.1) is 6.92 Å². The summed E-state index contributed by atoms with van der Waals surface area (Å²) in [6.45, 7) is 13.7. The number of alkyl halides is 1. The monoisotopic (exact) mass is 636 g/mol. The lowest BCUT2D eigenvalue weighted by atomic mass is 10.1. The Morgan fingerprint density at radius 3 is 1.96 bits per heavy atom. The Morgan fingerprint density at radius 2 is 1.39 bits per heavy atom. The maximum atomic E-state index is 13.3. The third kappa shape index (κ3) is 13.1. The van der Waals surface area contributed by atoms with Gasteiger partial charge in [0.1, 0.15) is 48.6 Å². The molecule has 250 valence electrons. The second kappa shape index (κ2) is 17.0. The number of amides is 1. The van der Waals surface area contributed by atoms with Crippen molar-refractivity contribution in [3.63, 3.8) is 0 Å². The number of carbonyl (C=O) groups excluding carboxylic acids is 2. The highest BCUT2D eigenvalue weighted by Gasteiger charge is 2.29. The van der Waals surface area contributed by atoms with Crippen LogP contribution in [0.5, 0.6) is 11.5 Å². The molecule has 0 saturated carbocycles. The average Bonchev–Trinajstić information content (AvgIpc) is 2.96. The van der Waals surface area contributed by atoms with Crippen LogP contribution in [0.4, 0.5) is 9.18 Å². The predicted octanol–water partition coefficient (Wildman–Crippen LogP) is 7.55. The minimum atomic E-state index is -0.956. The number of nitrogens with zero attached hydrogens (tertiary/aromatic N) is 1. The molecule has 0 aliphatic rings. The molecule has 0 aliphatic carbocycles. The van der Waals surface area contributed by atoms with Crippen molar-refractivity contribution in [2.24, 2.45) is 0 Å². The molecule has 3 aromatic carbocycles. The molecule has 0 heterocycles. The lowest BCUT2D eigenvalue weighted by Gasteiger charge is -2.29. The molecule has 46 heavy (non-hydrogen) atoms. The Kier molecular flexibility index (Phi) is 13.4. The van der Waals surface area contributed by atoms with Gasteiger partial charge >= 0.3 is 12.1 Å². The zero-order valence-electron chi connectivity index (χ0n) is 28.2. The molecule has 9 heteroatoms. The second-order valence-corrected chi connectivity index (χ2v) is 13.3. The second-order valence-electron chi connectivity index (χ2n) is 13.3. The van der Waals surface area contributed by atoms with E-state index in [1.807, 2.05) is 73.7 Å². The number of para-hydroxylation sites is 2. The van der Waals surface area contributed by atoms with Crippen LogP contribution in [0.3, 0.4) is 0 Å². The minimum absolute atomic E-state index is 0.0484. The number of hydrogen-bond donors (Lipinski definition) is 1. The standard InChI is InChI=1S/C37H49FN2O6/c1-27-13-12-14-28(23-27)26-44-33-18-11-9-16-30(33)25-40(24-29-15-8-10-17-32(29)43-22-20-38)21-19-31(34(41)45-36(2,3)4)39-35(42)46-37(5,6)7/h8-18,23,31H,19-22,24-26H2,1-7H3,(H,39,42)/t31-/m1/s1. The van der Waals surface area contributed by atoms with E-state index in [1.54, 1.807) is 41.5 Å². The number of rotatable bonds is 15. The van der Waals surface area contributed by atoms with Crippen molar-refractivity contribution in [1.29, 1.82) is 0 Å². The molecule has 1 N–H and O–H groups in total. The largest absolute Gasteiger partial charge is 0.491 e. The van der Waals surface area contributed by atoms with Gasteiger partial charge in [-0.05, 0) is 72.6 Å². The van der Waals surface area contributed by atoms with E-state index < -0.39 is 36.0 Å². The first-order valence-corrected chi connectivity index (χ1v) is 15.7. The molecular weight excluding hydrogens is 587 g/mol. The SMILES string of the molecule is Cc1cccc(COc2ccccc2CN(CC[C@@H](NC(=O)OC(C)(C)C)C(=O)OC(C)(C)C)Cc2ccccc2OCCF)c1. The Morgan fingerprint density at radius 1 is 0.804 bits per heavy atom. The van der Waals surface area contributed by atoms with E-state index in [4.69, 9.17) is 18.9 Å². The fourth-order valence-electron chi connectivity index (χ4n) is 4.74. The molecule has 8 nitrogen and oxygen atoms in total.